The molecule has 0 atom stereocenters. The minimum atomic E-state index is -0.249. The van der Waals surface area contributed by atoms with Crippen LogP contribution in [0.4, 0.5) is 0 Å². The van der Waals surface area contributed by atoms with Gasteiger partial charge in [-0.1, -0.05) is 18.2 Å². The quantitative estimate of drug-likeness (QED) is 0.397. The summed E-state index contributed by atoms with van der Waals surface area (Å²) < 4.78 is 5.09. The van der Waals surface area contributed by atoms with Crippen molar-refractivity contribution in [1.82, 2.24) is 10.4 Å². The zero-order chi connectivity index (χ0) is 18.4. The molecule has 3 rings (SSSR count). The molecule has 1 heterocycles. The lowest BCUT2D eigenvalue weighted by molar-refractivity contribution is -0.118. The van der Waals surface area contributed by atoms with Crippen LogP contribution in [-0.2, 0) is 4.79 Å². The SMILES string of the molecule is COc1ccc(O)c(/C=N/NC(=O)CSc2cccc3cccnc23)c1. The van der Waals surface area contributed by atoms with E-state index >= 15 is 0 Å². The van der Waals surface area contributed by atoms with Crippen LogP contribution < -0.4 is 10.2 Å². The standard InChI is InChI=1S/C19H17N3O3S/c1-25-15-7-8-16(23)14(10-15)11-21-22-18(24)12-26-17-6-2-4-13-5-3-9-20-19(13)17/h2-11,23H,12H2,1H3,(H,22,24)/b21-11+. The monoisotopic (exact) mass is 367 g/mol. The molecule has 2 aromatic carbocycles. The molecule has 0 saturated heterocycles. The fraction of sp³-hybridized carbons (Fsp3) is 0.105. The Balaban J connectivity index is 1.59. The Kier molecular flexibility index (Phi) is 5.70. The normalized spacial score (nSPS) is 11.0. The number of para-hydroxylation sites is 1. The van der Waals surface area contributed by atoms with E-state index in [1.165, 1.54) is 31.2 Å². The lowest BCUT2D eigenvalue weighted by atomic mass is 10.2. The summed E-state index contributed by atoms with van der Waals surface area (Å²) in [6.45, 7) is 0. The van der Waals surface area contributed by atoms with Gasteiger partial charge in [-0.2, -0.15) is 5.10 Å². The van der Waals surface area contributed by atoms with Gasteiger partial charge in [0, 0.05) is 22.0 Å². The highest BCUT2D eigenvalue weighted by Gasteiger charge is 2.06. The Morgan fingerprint density at radius 3 is 3.00 bits per heavy atom. The van der Waals surface area contributed by atoms with Crippen LogP contribution in [-0.4, -0.2) is 35.1 Å². The van der Waals surface area contributed by atoms with Crippen molar-refractivity contribution >= 4 is 34.8 Å². The minimum absolute atomic E-state index is 0.0556. The Hall–Kier alpha value is -3.06. The number of carbonyl (C=O) groups is 1. The van der Waals surface area contributed by atoms with Crippen LogP contribution in [0.2, 0.25) is 0 Å². The number of hydrazone groups is 1. The van der Waals surface area contributed by atoms with E-state index in [2.05, 4.69) is 15.5 Å². The summed E-state index contributed by atoms with van der Waals surface area (Å²) in [5.74, 6) is 0.605. The number of phenols is 1. The topological polar surface area (TPSA) is 83.8 Å². The number of aromatic nitrogens is 1. The number of thioether (sulfide) groups is 1. The van der Waals surface area contributed by atoms with E-state index in [4.69, 9.17) is 4.74 Å². The Morgan fingerprint density at radius 2 is 2.15 bits per heavy atom. The highest BCUT2D eigenvalue weighted by atomic mass is 32.2. The molecule has 26 heavy (non-hydrogen) atoms. The van der Waals surface area contributed by atoms with Crippen molar-refractivity contribution in [1.29, 1.82) is 0 Å². The van der Waals surface area contributed by atoms with Crippen LogP contribution in [0.3, 0.4) is 0 Å². The highest BCUT2D eigenvalue weighted by Crippen LogP contribution is 2.25. The lowest BCUT2D eigenvalue weighted by Crippen LogP contribution is -2.19. The maximum atomic E-state index is 12.0. The number of amides is 1. The number of aromatic hydroxyl groups is 1. The molecular weight excluding hydrogens is 350 g/mol. The van der Waals surface area contributed by atoms with E-state index in [1.807, 2.05) is 30.3 Å². The molecule has 2 N–H and O–H groups in total. The fourth-order valence-electron chi connectivity index (χ4n) is 2.31. The van der Waals surface area contributed by atoms with E-state index in [9.17, 15) is 9.90 Å². The third-order valence-corrected chi connectivity index (χ3v) is 4.63. The second-order valence-electron chi connectivity index (χ2n) is 5.34. The van der Waals surface area contributed by atoms with Gasteiger partial charge in [-0.15, -0.1) is 11.8 Å². The molecule has 132 valence electrons. The molecule has 0 fully saturated rings. The second kappa shape index (κ2) is 8.35. The van der Waals surface area contributed by atoms with Crippen LogP contribution >= 0.6 is 11.8 Å². The molecule has 0 spiro atoms. The highest BCUT2D eigenvalue weighted by molar-refractivity contribution is 8.00. The van der Waals surface area contributed by atoms with Gasteiger partial charge in [0.2, 0.25) is 5.91 Å². The van der Waals surface area contributed by atoms with Crippen LogP contribution in [0.25, 0.3) is 10.9 Å². The summed E-state index contributed by atoms with van der Waals surface area (Å²) in [7, 11) is 1.54. The van der Waals surface area contributed by atoms with Gasteiger partial charge in [0.1, 0.15) is 11.5 Å². The number of phenolic OH excluding ortho intramolecular Hbond substituents is 1. The van der Waals surface area contributed by atoms with E-state index in [-0.39, 0.29) is 17.4 Å². The van der Waals surface area contributed by atoms with E-state index in [1.54, 1.807) is 18.3 Å². The van der Waals surface area contributed by atoms with Gasteiger partial charge >= 0.3 is 0 Å². The molecule has 0 aliphatic carbocycles. The van der Waals surface area contributed by atoms with E-state index in [0.29, 0.717) is 11.3 Å². The molecule has 0 bridgehead atoms. The number of methoxy groups -OCH3 is 1. The van der Waals surface area contributed by atoms with E-state index < -0.39 is 0 Å². The first kappa shape index (κ1) is 17.8. The molecule has 6 nitrogen and oxygen atoms in total. The van der Waals surface area contributed by atoms with Gasteiger partial charge in [0.05, 0.1) is 24.6 Å². The average molecular weight is 367 g/mol. The number of hydrogen-bond acceptors (Lipinski definition) is 6. The number of carbonyl (C=O) groups excluding carboxylic acids is 1. The third kappa shape index (κ3) is 4.31. The molecule has 7 heteroatoms. The summed E-state index contributed by atoms with van der Waals surface area (Å²) in [4.78, 5) is 17.3. The predicted octanol–water partition coefficient (Wildman–Crippen LogP) is 3.19. The van der Waals surface area contributed by atoms with Crippen molar-refractivity contribution in [2.45, 2.75) is 4.90 Å². The molecular formula is C19H17N3O3S. The largest absolute Gasteiger partial charge is 0.507 e. The lowest BCUT2D eigenvalue weighted by Gasteiger charge is -2.05. The van der Waals surface area contributed by atoms with Crippen molar-refractivity contribution in [2.75, 3.05) is 12.9 Å². The van der Waals surface area contributed by atoms with Crippen LogP contribution in [0.15, 0.2) is 64.7 Å². The smallest absolute Gasteiger partial charge is 0.250 e. The number of pyridine rings is 1. The number of nitrogens with one attached hydrogen (secondary N) is 1. The number of ether oxygens (including phenoxy) is 1. The summed E-state index contributed by atoms with van der Waals surface area (Å²) in [5.41, 5.74) is 3.78. The summed E-state index contributed by atoms with van der Waals surface area (Å²) in [6, 6.07) is 14.5. The Labute approximate surface area is 154 Å². The fourth-order valence-corrected chi connectivity index (χ4v) is 3.14. The van der Waals surface area contributed by atoms with Gasteiger partial charge in [-0.05, 0) is 30.3 Å². The van der Waals surface area contributed by atoms with Gasteiger partial charge in [-0.25, -0.2) is 5.43 Å². The van der Waals surface area contributed by atoms with Crippen molar-refractivity contribution in [3.05, 3.63) is 60.3 Å². The summed E-state index contributed by atoms with van der Waals surface area (Å²) in [5, 5.41) is 14.7. The molecule has 0 saturated carbocycles. The average Bonchev–Trinajstić information content (AvgIpc) is 2.67. The van der Waals surface area contributed by atoms with Crippen LogP contribution in [0.5, 0.6) is 11.5 Å². The Morgan fingerprint density at radius 1 is 1.31 bits per heavy atom. The van der Waals surface area contributed by atoms with Gasteiger partial charge in [0.15, 0.2) is 0 Å². The Bertz CT molecular complexity index is 954. The summed E-state index contributed by atoms with van der Waals surface area (Å²) in [6.07, 6.45) is 3.11. The number of hydrogen-bond donors (Lipinski definition) is 2. The molecule has 0 radical (unpaired) electrons. The predicted molar refractivity (Wildman–Crippen MR) is 103 cm³/mol. The first-order valence-electron chi connectivity index (χ1n) is 7.83. The third-order valence-electron chi connectivity index (χ3n) is 3.58. The minimum Gasteiger partial charge on any atom is -0.507 e. The van der Waals surface area contributed by atoms with E-state index in [0.717, 1.165) is 15.8 Å². The first-order valence-corrected chi connectivity index (χ1v) is 8.81. The van der Waals surface area contributed by atoms with Gasteiger partial charge in [0.25, 0.3) is 0 Å². The number of rotatable bonds is 6. The van der Waals surface area contributed by atoms with Gasteiger partial charge in [-0.3, -0.25) is 9.78 Å². The number of benzene rings is 2. The number of nitrogens with zero attached hydrogens (tertiary/aromatic N) is 2. The van der Waals surface area contributed by atoms with Crippen molar-refractivity contribution in [2.24, 2.45) is 5.10 Å². The molecule has 1 aromatic heterocycles. The molecule has 0 aliphatic rings. The zero-order valence-electron chi connectivity index (χ0n) is 14.0. The molecule has 0 aliphatic heterocycles. The van der Waals surface area contributed by atoms with Crippen molar-refractivity contribution in [3.63, 3.8) is 0 Å². The van der Waals surface area contributed by atoms with Crippen molar-refractivity contribution in [3.8, 4) is 11.5 Å². The van der Waals surface area contributed by atoms with Crippen molar-refractivity contribution < 1.29 is 14.6 Å². The first-order chi connectivity index (χ1) is 12.7. The molecule has 0 unspecified atom stereocenters. The van der Waals surface area contributed by atoms with Crippen LogP contribution in [0, 0.1) is 0 Å². The molecule has 3 aromatic rings. The number of fused-ring (bicyclic) bond motifs is 1. The molecule has 1 amide bonds. The van der Waals surface area contributed by atoms with Gasteiger partial charge < -0.3 is 9.84 Å². The second-order valence-corrected chi connectivity index (χ2v) is 6.36. The maximum absolute atomic E-state index is 12.0. The summed E-state index contributed by atoms with van der Waals surface area (Å²) >= 11 is 1.40. The van der Waals surface area contributed by atoms with Crippen LogP contribution in [0.1, 0.15) is 5.56 Å². The maximum Gasteiger partial charge on any atom is 0.250 e. The zero-order valence-corrected chi connectivity index (χ0v) is 14.9.